The van der Waals surface area contributed by atoms with Crippen LogP contribution < -0.4 is 0 Å². The van der Waals surface area contributed by atoms with Gasteiger partial charge in [-0.25, -0.2) is 0 Å². The van der Waals surface area contributed by atoms with Crippen LogP contribution >= 0.6 is 0 Å². The number of benzene rings is 1. The lowest BCUT2D eigenvalue weighted by Crippen LogP contribution is -2.00. The Hall–Kier alpha value is -2.13. The van der Waals surface area contributed by atoms with Gasteiger partial charge in [0.15, 0.2) is 0 Å². The summed E-state index contributed by atoms with van der Waals surface area (Å²) in [5, 5.41) is 10.8. The molecule has 0 saturated heterocycles. The van der Waals surface area contributed by atoms with Gasteiger partial charge in [0, 0.05) is 30.0 Å². The van der Waals surface area contributed by atoms with Crippen LogP contribution in [-0.2, 0) is 6.54 Å². The molecule has 0 aliphatic heterocycles. The van der Waals surface area contributed by atoms with Crippen molar-refractivity contribution >= 4 is 10.9 Å². The Balaban J connectivity index is 2.01. The second-order valence-electron chi connectivity index (χ2n) is 5.23. The summed E-state index contributed by atoms with van der Waals surface area (Å²) in [5.41, 5.74) is 4.26. The molecule has 2 aromatic heterocycles. The Morgan fingerprint density at radius 3 is 2.80 bits per heavy atom. The predicted octanol–water partition coefficient (Wildman–Crippen LogP) is 3.45. The highest BCUT2D eigenvalue weighted by Gasteiger charge is 2.06. The summed E-state index contributed by atoms with van der Waals surface area (Å²) >= 11 is 0. The van der Waals surface area contributed by atoms with Gasteiger partial charge in [-0.1, -0.05) is 18.2 Å². The van der Waals surface area contributed by atoms with Crippen LogP contribution in [0.25, 0.3) is 10.9 Å². The normalized spacial score (nSPS) is 12.8. The Morgan fingerprint density at radius 2 is 2.05 bits per heavy atom. The number of aliphatic hydroxyl groups excluding tert-OH is 1. The third kappa shape index (κ3) is 2.45. The zero-order chi connectivity index (χ0) is 14.1. The van der Waals surface area contributed by atoms with Gasteiger partial charge in [0.1, 0.15) is 0 Å². The molecule has 1 N–H and O–H groups in total. The molecule has 0 spiro atoms. The first-order valence-electron chi connectivity index (χ1n) is 6.82. The molecule has 3 rings (SSSR count). The second kappa shape index (κ2) is 5.10. The number of pyridine rings is 1. The first-order valence-corrected chi connectivity index (χ1v) is 6.82. The van der Waals surface area contributed by atoms with Gasteiger partial charge in [0.05, 0.1) is 11.6 Å². The maximum Gasteiger partial charge on any atom is 0.0776 e. The van der Waals surface area contributed by atoms with Crippen LogP contribution in [0.5, 0.6) is 0 Å². The van der Waals surface area contributed by atoms with Crippen molar-refractivity contribution < 1.29 is 5.11 Å². The smallest absolute Gasteiger partial charge is 0.0776 e. The Labute approximate surface area is 118 Å². The van der Waals surface area contributed by atoms with Crippen molar-refractivity contribution in [2.24, 2.45) is 0 Å². The standard InChI is InChI=1S/C17H18N2O/c1-12-9-15(16-5-3-4-6-17(16)18-12)11-19-8-7-14(10-19)13(2)20/h3-10,13,20H,11H2,1-2H3. The summed E-state index contributed by atoms with van der Waals surface area (Å²) in [7, 11) is 0. The molecule has 0 radical (unpaired) electrons. The minimum Gasteiger partial charge on any atom is -0.389 e. The van der Waals surface area contributed by atoms with Crippen molar-refractivity contribution in [3.8, 4) is 0 Å². The highest BCUT2D eigenvalue weighted by atomic mass is 16.3. The van der Waals surface area contributed by atoms with Crippen LogP contribution in [0.4, 0.5) is 0 Å². The molecule has 2 heterocycles. The molecule has 0 aliphatic rings. The summed E-state index contributed by atoms with van der Waals surface area (Å²) in [5.74, 6) is 0. The monoisotopic (exact) mass is 266 g/mol. The molecule has 0 bridgehead atoms. The van der Waals surface area contributed by atoms with Gasteiger partial charge in [0.2, 0.25) is 0 Å². The zero-order valence-electron chi connectivity index (χ0n) is 11.7. The van der Waals surface area contributed by atoms with E-state index in [2.05, 4.69) is 21.7 Å². The molecule has 3 aromatic rings. The van der Waals surface area contributed by atoms with Crippen molar-refractivity contribution in [2.45, 2.75) is 26.5 Å². The lowest BCUT2D eigenvalue weighted by molar-refractivity contribution is 0.199. The predicted molar refractivity (Wildman–Crippen MR) is 80.6 cm³/mol. The maximum atomic E-state index is 9.60. The third-order valence-electron chi connectivity index (χ3n) is 3.54. The molecule has 0 aliphatic carbocycles. The van der Waals surface area contributed by atoms with Gasteiger partial charge in [-0.15, -0.1) is 0 Å². The molecule has 0 saturated carbocycles. The average Bonchev–Trinajstić information content (AvgIpc) is 2.87. The molecule has 1 aromatic carbocycles. The number of para-hydroxylation sites is 1. The number of aryl methyl sites for hydroxylation is 1. The number of hydrogen-bond donors (Lipinski definition) is 1. The lowest BCUT2D eigenvalue weighted by Gasteiger charge is -2.09. The quantitative estimate of drug-likeness (QED) is 0.788. The van der Waals surface area contributed by atoms with E-state index in [0.717, 1.165) is 23.3 Å². The fraction of sp³-hybridized carbons (Fsp3) is 0.235. The highest BCUT2D eigenvalue weighted by Crippen LogP contribution is 2.20. The van der Waals surface area contributed by atoms with Gasteiger partial charge in [0.25, 0.3) is 0 Å². The highest BCUT2D eigenvalue weighted by molar-refractivity contribution is 5.82. The van der Waals surface area contributed by atoms with E-state index in [1.165, 1.54) is 10.9 Å². The van der Waals surface area contributed by atoms with E-state index in [9.17, 15) is 5.11 Å². The van der Waals surface area contributed by atoms with E-state index in [1.807, 2.05) is 43.6 Å². The Kier molecular flexibility index (Phi) is 3.28. The number of nitrogens with zero attached hydrogens (tertiary/aromatic N) is 2. The lowest BCUT2D eigenvalue weighted by atomic mass is 10.1. The summed E-state index contributed by atoms with van der Waals surface area (Å²) in [6.07, 6.45) is 3.58. The van der Waals surface area contributed by atoms with Crippen LogP contribution in [0.15, 0.2) is 48.8 Å². The van der Waals surface area contributed by atoms with Crippen LogP contribution in [0.3, 0.4) is 0 Å². The summed E-state index contributed by atoms with van der Waals surface area (Å²) in [6, 6.07) is 12.3. The summed E-state index contributed by atoms with van der Waals surface area (Å²) in [6.45, 7) is 4.59. The number of hydrogen-bond acceptors (Lipinski definition) is 2. The third-order valence-corrected chi connectivity index (χ3v) is 3.54. The molecule has 1 atom stereocenters. The summed E-state index contributed by atoms with van der Waals surface area (Å²) in [4.78, 5) is 4.56. The fourth-order valence-electron chi connectivity index (χ4n) is 2.53. The van der Waals surface area contributed by atoms with Crippen molar-refractivity contribution in [3.63, 3.8) is 0 Å². The number of aromatic nitrogens is 2. The van der Waals surface area contributed by atoms with Crippen molar-refractivity contribution in [3.05, 3.63) is 65.6 Å². The zero-order valence-corrected chi connectivity index (χ0v) is 11.7. The van der Waals surface area contributed by atoms with Gasteiger partial charge in [-0.3, -0.25) is 4.98 Å². The number of aliphatic hydroxyl groups is 1. The SMILES string of the molecule is Cc1cc(Cn2ccc(C(C)O)c2)c2ccccc2n1. The fourth-order valence-corrected chi connectivity index (χ4v) is 2.53. The van der Waals surface area contributed by atoms with Crippen LogP contribution in [-0.4, -0.2) is 14.7 Å². The van der Waals surface area contributed by atoms with Crippen LogP contribution in [0.2, 0.25) is 0 Å². The van der Waals surface area contributed by atoms with E-state index in [1.54, 1.807) is 6.92 Å². The number of rotatable bonds is 3. The first-order chi connectivity index (χ1) is 9.63. The Bertz CT molecular complexity index is 744. The van der Waals surface area contributed by atoms with Gasteiger partial charge in [-0.05, 0) is 43.2 Å². The van der Waals surface area contributed by atoms with E-state index in [-0.39, 0.29) is 0 Å². The van der Waals surface area contributed by atoms with Crippen LogP contribution in [0.1, 0.15) is 29.8 Å². The minimum atomic E-state index is -0.424. The van der Waals surface area contributed by atoms with E-state index in [0.29, 0.717) is 0 Å². The average molecular weight is 266 g/mol. The van der Waals surface area contributed by atoms with E-state index >= 15 is 0 Å². The first kappa shape index (κ1) is 12.9. The molecule has 3 nitrogen and oxygen atoms in total. The maximum absolute atomic E-state index is 9.60. The van der Waals surface area contributed by atoms with Gasteiger partial charge >= 0.3 is 0 Å². The van der Waals surface area contributed by atoms with Crippen LogP contribution in [0, 0.1) is 6.92 Å². The van der Waals surface area contributed by atoms with Crippen molar-refractivity contribution in [1.82, 2.24) is 9.55 Å². The molecule has 102 valence electrons. The molecule has 20 heavy (non-hydrogen) atoms. The van der Waals surface area contributed by atoms with Gasteiger partial charge < -0.3 is 9.67 Å². The van der Waals surface area contributed by atoms with Gasteiger partial charge in [-0.2, -0.15) is 0 Å². The minimum absolute atomic E-state index is 0.424. The van der Waals surface area contributed by atoms with Crippen molar-refractivity contribution in [2.75, 3.05) is 0 Å². The van der Waals surface area contributed by atoms with Crippen molar-refractivity contribution in [1.29, 1.82) is 0 Å². The summed E-state index contributed by atoms with van der Waals surface area (Å²) < 4.78 is 2.10. The molecule has 1 unspecified atom stereocenters. The topological polar surface area (TPSA) is 38.0 Å². The molecule has 0 amide bonds. The molecular formula is C17H18N2O. The number of fused-ring (bicyclic) bond motifs is 1. The molecule has 3 heteroatoms. The second-order valence-corrected chi connectivity index (χ2v) is 5.23. The molecular weight excluding hydrogens is 248 g/mol. The van der Waals surface area contributed by atoms with E-state index in [4.69, 9.17) is 0 Å². The Morgan fingerprint density at radius 1 is 1.25 bits per heavy atom. The largest absolute Gasteiger partial charge is 0.389 e. The molecule has 0 fully saturated rings. The van der Waals surface area contributed by atoms with E-state index < -0.39 is 6.10 Å².